The van der Waals surface area contributed by atoms with Crippen LogP contribution in [0, 0.1) is 6.92 Å². The zero-order valence-electron chi connectivity index (χ0n) is 33.1. The molecule has 0 unspecified atom stereocenters. The molecule has 4 amide bonds. The second kappa shape index (κ2) is 15.6. The van der Waals surface area contributed by atoms with Crippen molar-refractivity contribution >= 4 is 46.7 Å². The first-order chi connectivity index (χ1) is 29.9. The van der Waals surface area contributed by atoms with E-state index in [0.29, 0.717) is 45.3 Å². The van der Waals surface area contributed by atoms with Crippen LogP contribution in [0.5, 0.6) is 23.0 Å². The van der Waals surface area contributed by atoms with Crippen molar-refractivity contribution in [2.24, 2.45) is 0 Å². The first kappa shape index (κ1) is 38.9. The fourth-order valence-corrected chi connectivity index (χ4v) is 7.28. The predicted molar refractivity (Wildman–Crippen MR) is 228 cm³/mol. The third-order valence-electron chi connectivity index (χ3n) is 10.7. The van der Waals surface area contributed by atoms with Crippen LogP contribution in [0.25, 0.3) is 0 Å². The van der Waals surface area contributed by atoms with Crippen LogP contribution in [0.15, 0.2) is 158 Å². The minimum atomic E-state index is -0.610. The highest BCUT2D eigenvalue weighted by atomic mass is 16.5. The van der Waals surface area contributed by atoms with Crippen molar-refractivity contribution in [3.63, 3.8) is 0 Å². The van der Waals surface area contributed by atoms with Crippen LogP contribution >= 0.6 is 0 Å². The molecule has 0 aliphatic carbocycles. The number of anilines is 1. The summed E-state index contributed by atoms with van der Waals surface area (Å²) >= 11 is 0. The number of fused-ring (bicyclic) bond motifs is 2. The maximum Gasteiger partial charge on any atom is 0.266 e. The highest BCUT2D eigenvalue weighted by Crippen LogP contribution is 2.33. The van der Waals surface area contributed by atoms with Crippen LogP contribution in [-0.2, 0) is 0 Å². The minimum Gasteiger partial charge on any atom is -0.457 e. The van der Waals surface area contributed by atoms with Crippen molar-refractivity contribution in [3.05, 3.63) is 219 Å². The van der Waals surface area contributed by atoms with Gasteiger partial charge in [-0.25, -0.2) is 4.90 Å². The van der Waals surface area contributed by atoms with Crippen molar-refractivity contribution in [3.8, 4) is 23.0 Å². The van der Waals surface area contributed by atoms with E-state index in [0.717, 1.165) is 15.4 Å². The lowest BCUT2D eigenvalue weighted by Gasteiger charge is -2.14. The molecule has 11 nitrogen and oxygen atoms in total. The summed E-state index contributed by atoms with van der Waals surface area (Å²) in [5.74, 6) is -0.867. The number of benzene rings is 7. The molecule has 300 valence electrons. The number of ether oxygens (including phenoxy) is 2. The Morgan fingerprint density at radius 3 is 1.13 bits per heavy atom. The van der Waals surface area contributed by atoms with Crippen LogP contribution in [0.2, 0.25) is 0 Å². The van der Waals surface area contributed by atoms with Crippen LogP contribution in [-0.4, -0.2) is 52.9 Å². The lowest BCUT2D eigenvalue weighted by atomic mass is 9.96. The molecule has 0 fully saturated rings. The standard InChI is InChI=1S/C51H32N2O9/c1-29-3-17-37(18-4-29)61-38-19-9-32(10-20-38)45(54)30-5-7-31(8-6-30)46(55)33-11-21-39(22-12-33)62-40-23-15-36(16-24-40)53-50(59)42-26-14-35(28-44(42)51(53)60)47(56)34-13-25-41-43(27-34)49(58)52(2)48(41)57/h3-28H,1-2H3. The van der Waals surface area contributed by atoms with Crippen molar-refractivity contribution in [2.75, 3.05) is 11.9 Å². The van der Waals surface area contributed by atoms with Gasteiger partial charge in [-0.2, -0.15) is 0 Å². The lowest BCUT2D eigenvalue weighted by Crippen LogP contribution is -2.29. The topological polar surface area (TPSA) is 144 Å². The Kier molecular flexibility index (Phi) is 9.76. The van der Waals surface area contributed by atoms with E-state index < -0.39 is 29.4 Å². The van der Waals surface area contributed by atoms with E-state index in [9.17, 15) is 33.6 Å². The number of nitrogens with zero attached hydrogens (tertiary/aromatic N) is 2. The van der Waals surface area contributed by atoms with Gasteiger partial charge in [-0.05, 0) is 116 Å². The third-order valence-corrected chi connectivity index (χ3v) is 10.7. The van der Waals surface area contributed by atoms with Gasteiger partial charge in [0.2, 0.25) is 0 Å². The number of hydrogen-bond acceptors (Lipinski definition) is 9. The molecule has 0 aromatic heterocycles. The Balaban J connectivity index is 0.816. The number of carbonyl (C=O) groups is 7. The summed E-state index contributed by atoms with van der Waals surface area (Å²) in [6.07, 6.45) is 0. The molecule has 7 aromatic rings. The molecule has 2 heterocycles. The van der Waals surface area contributed by atoms with Gasteiger partial charge in [0.25, 0.3) is 23.6 Å². The number of hydrogen-bond donors (Lipinski definition) is 0. The van der Waals surface area contributed by atoms with Gasteiger partial charge in [0, 0.05) is 40.4 Å². The predicted octanol–water partition coefficient (Wildman–Crippen LogP) is 9.30. The van der Waals surface area contributed by atoms with Crippen molar-refractivity contribution in [1.29, 1.82) is 0 Å². The zero-order chi connectivity index (χ0) is 43.2. The molecule has 0 saturated heterocycles. The van der Waals surface area contributed by atoms with Gasteiger partial charge < -0.3 is 9.47 Å². The van der Waals surface area contributed by atoms with E-state index >= 15 is 0 Å². The Morgan fingerprint density at radius 2 is 0.677 bits per heavy atom. The molecule has 62 heavy (non-hydrogen) atoms. The lowest BCUT2D eigenvalue weighted by molar-refractivity contribution is 0.0691. The van der Waals surface area contributed by atoms with Crippen LogP contribution in [0.3, 0.4) is 0 Å². The van der Waals surface area contributed by atoms with Crippen LogP contribution < -0.4 is 14.4 Å². The molecule has 0 atom stereocenters. The zero-order valence-corrected chi connectivity index (χ0v) is 33.1. The number of aryl methyl sites for hydroxylation is 1. The van der Waals surface area contributed by atoms with E-state index in [2.05, 4.69) is 0 Å². The summed E-state index contributed by atoms with van der Waals surface area (Å²) in [4.78, 5) is 93.6. The first-order valence-corrected chi connectivity index (χ1v) is 19.4. The van der Waals surface area contributed by atoms with E-state index in [1.165, 1.54) is 43.4 Å². The summed E-state index contributed by atoms with van der Waals surface area (Å²) < 4.78 is 11.8. The molecule has 0 spiro atoms. The quantitative estimate of drug-likeness (QED) is 0.0922. The molecule has 2 aliphatic heterocycles. The molecule has 0 N–H and O–H groups in total. The summed E-state index contributed by atoms with van der Waals surface area (Å²) in [6.45, 7) is 2.00. The number of carbonyl (C=O) groups excluding carboxylic acids is 7. The number of imide groups is 2. The molecule has 0 radical (unpaired) electrons. The highest BCUT2D eigenvalue weighted by molar-refractivity contribution is 6.35. The van der Waals surface area contributed by atoms with Gasteiger partial charge >= 0.3 is 0 Å². The fraction of sp³-hybridized carbons (Fsp3) is 0.0392. The molecule has 2 aliphatic rings. The Morgan fingerprint density at radius 1 is 0.371 bits per heavy atom. The summed E-state index contributed by atoms with van der Waals surface area (Å²) in [5.41, 5.74) is 3.99. The molecule has 11 heteroatoms. The number of ketones is 3. The Labute approximate surface area is 354 Å². The minimum absolute atomic E-state index is 0.0545. The normalized spacial score (nSPS) is 12.9. The van der Waals surface area contributed by atoms with Crippen molar-refractivity contribution < 1.29 is 43.0 Å². The monoisotopic (exact) mass is 816 g/mol. The van der Waals surface area contributed by atoms with E-state index in [-0.39, 0.29) is 50.6 Å². The van der Waals surface area contributed by atoms with E-state index in [1.807, 2.05) is 31.2 Å². The molecule has 0 bridgehead atoms. The van der Waals surface area contributed by atoms with Crippen molar-refractivity contribution in [1.82, 2.24) is 4.90 Å². The van der Waals surface area contributed by atoms with Crippen LogP contribution in [0.4, 0.5) is 5.69 Å². The molecule has 0 saturated carbocycles. The molecule has 7 aromatic carbocycles. The Hall–Kier alpha value is -8.57. The van der Waals surface area contributed by atoms with Gasteiger partial charge in [-0.1, -0.05) is 54.1 Å². The van der Waals surface area contributed by atoms with Crippen LogP contribution in [0.1, 0.15) is 94.8 Å². The maximum atomic E-state index is 13.6. The van der Waals surface area contributed by atoms with Gasteiger partial charge in [0.05, 0.1) is 27.9 Å². The summed E-state index contributed by atoms with van der Waals surface area (Å²) in [7, 11) is 1.37. The van der Waals surface area contributed by atoms with Crippen molar-refractivity contribution in [2.45, 2.75) is 6.92 Å². The average molecular weight is 817 g/mol. The summed E-state index contributed by atoms with van der Waals surface area (Å²) in [6, 6.07) is 42.4. The largest absolute Gasteiger partial charge is 0.457 e. The van der Waals surface area contributed by atoms with Gasteiger partial charge in [0.15, 0.2) is 17.3 Å². The molecular formula is C51H32N2O9. The third kappa shape index (κ3) is 7.13. The first-order valence-electron chi connectivity index (χ1n) is 19.4. The van der Waals surface area contributed by atoms with Gasteiger partial charge in [-0.3, -0.25) is 38.5 Å². The highest BCUT2D eigenvalue weighted by Gasteiger charge is 2.38. The average Bonchev–Trinajstić information content (AvgIpc) is 3.68. The molecule has 9 rings (SSSR count). The van der Waals surface area contributed by atoms with E-state index in [1.54, 1.807) is 97.1 Å². The van der Waals surface area contributed by atoms with Gasteiger partial charge in [0.1, 0.15) is 23.0 Å². The maximum absolute atomic E-state index is 13.6. The number of amides is 4. The number of rotatable bonds is 11. The van der Waals surface area contributed by atoms with E-state index in [4.69, 9.17) is 9.47 Å². The smallest absolute Gasteiger partial charge is 0.266 e. The second-order valence-corrected chi connectivity index (χ2v) is 14.8. The SMILES string of the molecule is Cc1ccc(Oc2ccc(C(=O)c3ccc(C(=O)c4ccc(Oc5ccc(N6C(=O)c7ccc(C(=O)c8ccc9c(c8)C(=O)N(C)C9=O)cc7C6=O)cc5)cc4)cc3)cc2)cc1. The molecular weight excluding hydrogens is 785 g/mol. The van der Waals surface area contributed by atoms with Gasteiger partial charge in [-0.15, -0.1) is 0 Å². The summed E-state index contributed by atoms with van der Waals surface area (Å²) in [5, 5.41) is 0. The fourth-order valence-electron chi connectivity index (χ4n) is 7.28. The second-order valence-electron chi connectivity index (χ2n) is 14.8. The Bertz CT molecular complexity index is 3030.